The molecule has 0 amide bonds. The van der Waals surface area contributed by atoms with Crippen LogP contribution in [0.1, 0.15) is 52.6 Å². The normalized spacial score (nSPS) is 11.1. The Kier molecular flexibility index (Phi) is 8.32. The van der Waals surface area contributed by atoms with E-state index >= 15 is 0 Å². The molecule has 4 aromatic rings. The molecule has 0 unspecified atom stereocenters. The maximum Gasteiger partial charge on any atom is 0.335 e. The molecular formula is C28H24Cl3NO5. The minimum absolute atomic E-state index is 0.0589. The zero-order chi connectivity index (χ0) is 26.7. The molecule has 0 saturated heterocycles. The van der Waals surface area contributed by atoms with Crippen LogP contribution in [0.15, 0.2) is 59.1 Å². The third-order valence-electron chi connectivity index (χ3n) is 5.89. The van der Waals surface area contributed by atoms with E-state index in [1.807, 2.05) is 19.9 Å². The molecule has 9 heteroatoms. The summed E-state index contributed by atoms with van der Waals surface area (Å²) in [5, 5.41) is 14.9. The van der Waals surface area contributed by atoms with E-state index in [1.165, 1.54) is 0 Å². The highest BCUT2D eigenvalue weighted by Gasteiger charge is 2.24. The number of rotatable bonds is 9. The molecule has 0 saturated carbocycles. The molecule has 4 rings (SSSR count). The van der Waals surface area contributed by atoms with Crippen LogP contribution in [-0.4, -0.2) is 16.2 Å². The Morgan fingerprint density at radius 1 is 0.973 bits per heavy atom. The Balaban J connectivity index is 1.52. The zero-order valence-electron chi connectivity index (χ0n) is 20.3. The number of hydrogen-bond acceptors (Lipinski definition) is 5. The largest absolute Gasteiger partial charge is 0.489 e. The first-order valence-corrected chi connectivity index (χ1v) is 12.6. The number of carbonyl (C=O) groups is 1. The number of hydrogen-bond donors (Lipinski definition) is 1. The van der Waals surface area contributed by atoms with Gasteiger partial charge >= 0.3 is 5.97 Å². The monoisotopic (exact) mass is 559 g/mol. The van der Waals surface area contributed by atoms with Gasteiger partial charge in [-0.2, -0.15) is 0 Å². The predicted octanol–water partition coefficient (Wildman–Crippen LogP) is 8.59. The number of aromatic nitrogens is 1. The number of carboxylic acids is 1. The van der Waals surface area contributed by atoms with Crippen molar-refractivity contribution in [3.63, 3.8) is 0 Å². The van der Waals surface area contributed by atoms with Crippen molar-refractivity contribution in [3.05, 3.63) is 97.7 Å². The van der Waals surface area contributed by atoms with Crippen LogP contribution in [-0.2, 0) is 13.2 Å². The highest BCUT2D eigenvalue weighted by molar-refractivity contribution is 6.39. The van der Waals surface area contributed by atoms with Crippen molar-refractivity contribution in [1.82, 2.24) is 5.16 Å². The topological polar surface area (TPSA) is 81.8 Å². The van der Waals surface area contributed by atoms with Gasteiger partial charge in [0.25, 0.3) is 0 Å². The molecule has 1 aromatic heterocycles. The van der Waals surface area contributed by atoms with Crippen LogP contribution in [0.25, 0.3) is 11.3 Å². The summed E-state index contributed by atoms with van der Waals surface area (Å²) in [6, 6.07) is 15.4. The summed E-state index contributed by atoms with van der Waals surface area (Å²) in [4.78, 5) is 11.4. The molecule has 0 atom stereocenters. The van der Waals surface area contributed by atoms with E-state index in [1.54, 1.807) is 55.5 Å². The van der Waals surface area contributed by atoms with Crippen molar-refractivity contribution >= 4 is 40.8 Å². The lowest BCUT2D eigenvalue weighted by Crippen LogP contribution is -2.05. The third kappa shape index (κ3) is 5.87. The van der Waals surface area contributed by atoms with E-state index < -0.39 is 5.97 Å². The minimum Gasteiger partial charge on any atom is -0.489 e. The van der Waals surface area contributed by atoms with Crippen molar-refractivity contribution in [2.24, 2.45) is 0 Å². The van der Waals surface area contributed by atoms with Crippen LogP contribution in [0.4, 0.5) is 0 Å². The second-order valence-electron chi connectivity index (χ2n) is 8.69. The molecule has 0 spiro atoms. The van der Waals surface area contributed by atoms with Crippen LogP contribution in [0.2, 0.25) is 15.1 Å². The van der Waals surface area contributed by atoms with Gasteiger partial charge < -0.3 is 19.1 Å². The molecule has 37 heavy (non-hydrogen) atoms. The molecule has 6 nitrogen and oxygen atoms in total. The number of halogens is 3. The lowest BCUT2D eigenvalue weighted by atomic mass is 10.0. The number of aromatic carboxylic acids is 1. The van der Waals surface area contributed by atoms with Crippen molar-refractivity contribution in [2.75, 3.05) is 0 Å². The Bertz CT molecular complexity index is 1430. The molecule has 0 aliphatic rings. The van der Waals surface area contributed by atoms with Crippen molar-refractivity contribution in [1.29, 1.82) is 0 Å². The maximum absolute atomic E-state index is 11.4. The summed E-state index contributed by atoms with van der Waals surface area (Å²) in [6.07, 6.45) is 0. The quantitative estimate of drug-likeness (QED) is 0.221. The van der Waals surface area contributed by atoms with Gasteiger partial charge in [-0.1, -0.05) is 72.0 Å². The number of benzene rings is 3. The Morgan fingerprint density at radius 3 is 2.32 bits per heavy atom. The predicted molar refractivity (Wildman–Crippen MR) is 144 cm³/mol. The summed E-state index contributed by atoms with van der Waals surface area (Å²) >= 11 is 19.3. The van der Waals surface area contributed by atoms with E-state index in [0.29, 0.717) is 49.1 Å². The van der Waals surface area contributed by atoms with Crippen molar-refractivity contribution in [2.45, 2.75) is 39.9 Å². The number of ether oxygens (including phenoxy) is 2. The molecule has 0 aliphatic carbocycles. The molecule has 1 heterocycles. The zero-order valence-corrected chi connectivity index (χ0v) is 22.6. The second-order valence-corrected chi connectivity index (χ2v) is 9.91. The van der Waals surface area contributed by atoms with Gasteiger partial charge in [0.15, 0.2) is 0 Å². The fourth-order valence-corrected chi connectivity index (χ4v) is 4.71. The second kappa shape index (κ2) is 11.5. The molecule has 0 fully saturated rings. The fraction of sp³-hybridized carbons (Fsp3) is 0.214. The Hall–Kier alpha value is -3.19. The van der Waals surface area contributed by atoms with Crippen LogP contribution >= 0.6 is 34.8 Å². The van der Waals surface area contributed by atoms with Crippen LogP contribution < -0.4 is 9.47 Å². The minimum atomic E-state index is -0.979. The van der Waals surface area contributed by atoms with E-state index in [4.69, 9.17) is 48.8 Å². The van der Waals surface area contributed by atoms with E-state index in [2.05, 4.69) is 5.16 Å². The summed E-state index contributed by atoms with van der Waals surface area (Å²) in [6.45, 7) is 6.08. The lowest BCUT2D eigenvalue weighted by molar-refractivity contribution is 0.0696. The van der Waals surface area contributed by atoms with Crippen molar-refractivity contribution in [3.8, 4) is 22.8 Å². The maximum atomic E-state index is 11.4. The van der Waals surface area contributed by atoms with Gasteiger partial charge in [0.05, 0.1) is 26.2 Å². The number of nitrogens with zero attached hydrogens (tertiary/aromatic N) is 1. The van der Waals surface area contributed by atoms with Gasteiger partial charge in [0.2, 0.25) is 0 Å². The van der Waals surface area contributed by atoms with E-state index in [0.717, 1.165) is 11.1 Å². The highest BCUT2D eigenvalue weighted by atomic mass is 35.5. The third-order valence-corrected chi connectivity index (χ3v) is 6.81. The van der Waals surface area contributed by atoms with E-state index in [-0.39, 0.29) is 24.7 Å². The van der Waals surface area contributed by atoms with Gasteiger partial charge in [-0.15, -0.1) is 0 Å². The number of carboxylic acid groups (broad SMARTS) is 1. The van der Waals surface area contributed by atoms with E-state index in [9.17, 15) is 9.90 Å². The first-order chi connectivity index (χ1) is 17.7. The molecule has 0 bridgehead atoms. The molecule has 1 N–H and O–H groups in total. The SMILES string of the molecule is Cc1c(COc2ccc(OCc3c(-c4c(Cl)cccc4Cl)noc3C(C)C)cc2Cl)cccc1C(=O)O. The van der Waals surface area contributed by atoms with Crippen LogP contribution in [0.5, 0.6) is 11.5 Å². The first kappa shape index (κ1) is 26.9. The highest BCUT2D eigenvalue weighted by Crippen LogP contribution is 2.39. The lowest BCUT2D eigenvalue weighted by Gasteiger charge is -2.13. The summed E-state index contributed by atoms with van der Waals surface area (Å²) < 4.78 is 17.5. The summed E-state index contributed by atoms with van der Waals surface area (Å²) in [5.41, 5.74) is 3.51. The Morgan fingerprint density at radius 2 is 1.68 bits per heavy atom. The summed E-state index contributed by atoms with van der Waals surface area (Å²) in [7, 11) is 0. The molecule has 3 aromatic carbocycles. The van der Waals surface area contributed by atoms with Gasteiger partial charge in [0.1, 0.15) is 36.2 Å². The first-order valence-electron chi connectivity index (χ1n) is 11.5. The average Bonchev–Trinajstić information content (AvgIpc) is 3.26. The summed E-state index contributed by atoms with van der Waals surface area (Å²) in [5.74, 6) is 0.728. The average molecular weight is 561 g/mol. The van der Waals surface area contributed by atoms with Crippen LogP contribution in [0, 0.1) is 6.92 Å². The molecule has 0 aliphatic heterocycles. The van der Waals surface area contributed by atoms with Gasteiger partial charge in [-0.3, -0.25) is 0 Å². The van der Waals surface area contributed by atoms with Crippen LogP contribution in [0.3, 0.4) is 0 Å². The Labute approximate surface area is 229 Å². The molecule has 192 valence electrons. The molecule has 0 radical (unpaired) electrons. The standard InChI is InChI=1S/C28H24Cl3NO5/c1-15(2)27-20(26(32-37-27)25-21(29)8-5-9-22(25)30)14-35-18-10-11-24(23(31)12-18)36-13-17-6-4-7-19(16(17)3)28(33)34/h4-12,15H,13-14H2,1-3H3,(H,33,34). The molecular weight excluding hydrogens is 537 g/mol. The van der Waals surface area contributed by atoms with Gasteiger partial charge in [0, 0.05) is 17.5 Å². The van der Waals surface area contributed by atoms with Gasteiger partial charge in [-0.05, 0) is 48.4 Å². The fourth-order valence-electron chi connectivity index (χ4n) is 3.91. The van der Waals surface area contributed by atoms with Gasteiger partial charge in [-0.25, -0.2) is 4.79 Å². The smallest absolute Gasteiger partial charge is 0.335 e. The van der Waals surface area contributed by atoms with Crippen molar-refractivity contribution < 1.29 is 23.9 Å².